The van der Waals surface area contributed by atoms with Crippen LogP contribution in [-0.2, 0) is 10.6 Å². The van der Waals surface area contributed by atoms with Crippen molar-refractivity contribution in [1.82, 2.24) is 9.55 Å². The van der Waals surface area contributed by atoms with Crippen molar-refractivity contribution in [2.45, 2.75) is 25.3 Å². The quantitative estimate of drug-likeness (QED) is 0.800. The number of fused-ring (bicyclic) bond motifs is 1. The van der Waals surface area contributed by atoms with E-state index in [1.165, 1.54) is 0 Å². The number of ether oxygens (including phenoxy) is 1. The lowest BCUT2D eigenvalue weighted by Crippen LogP contribution is -2.18. The summed E-state index contributed by atoms with van der Waals surface area (Å²) >= 11 is 12.2. The van der Waals surface area contributed by atoms with E-state index in [-0.39, 0.29) is 0 Å². The van der Waals surface area contributed by atoms with E-state index < -0.39 is 0 Å². The molecule has 1 fully saturated rings. The summed E-state index contributed by atoms with van der Waals surface area (Å²) < 4.78 is 7.71. The van der Waals surface area contributed by atoms with Crippen LogP contribution >= 0.6 is 23.2 Å². The first-order valence-corrected chi connectivity index (χ1v) is 7.42. The van der Waals surface area contributed by atoms with Crippen LogP contribution in [0.25, 0.3) is 11.0 Å². The number of hydrogen-bond acceptors (Lipinski definition) is 2. The van der Waals surface area contributed by atoms with Gasteiger partial charge in [0.2, 0.25) is 0 Å². The van der Waals surface area contributed by atoms with Gasteiger partial charge in [0.05, 0.1) is 23.5 Å². The molecule has 0 aliphatic carbocycles. The Hall–Kier alpha value is -0.770. The molecule has 102 valence electrons. The summed E-state index contributed by atoms with van der Waals surface area (Å²) in [4.78, 5) is 4.60. The summed E-state index contributed by atoms with van der Waals surface area (Å²) in [6, 6.07) is 6.09. The summed E-state index contributed by atoms with van der Waals surface area (Å²) in [5, 5.41) is 0.727. The second-order valence-corrected chi connectivity index (χ2v) is 5.73. The van der Waals surface area contributed by atoms with Gasteiger partial charge < -0.3 is 9.30 Å². The Morgan fingerprint density at radius 3 is 3.05 bits per heavy atom. The Bertz CT molecular complexity index is 590. The highest BCUT2D eigenvalue weighted by Crippen LogP contribution is 2.32. The van der Waals surface area contributed by atoms with Crippen molar-refractivity contribution in [1.29, 1.82) is 0 Å². The molecule has 1 aliphatic heterocycles. The molecule has 1 aliphatic rings. The monoisotopic (exact) mass is 298 g/mol. The highest BCUT2D eigenvalue weighted by molar-refractivity contribution is 6.31. The van der Waals surface area contributed by atoms with Gasteiger partial charge in [-0.2, -0.15) is 0 Å². The van der Waals surface area contributed by atoms with Crippen LogP contribution in [0, 0.1) is 5.92 Å². The normalized spacial score (nSPS) is 21.1. The molecule has 0 amide bonds. The van der Waals surface area contributed by atoms with Crippen LogP contribution in [0.1, 0.15) is 25.2 Å². The van der Waals surface area contributed by atoms with Gasteiger partial charge in [0.25, 0.3) is 0 Å². The van der Waals surface area contributed by atoms with Crippen molar-refractivity contribution >= 4 is 34.2 Å². The number of nitrogens with zero attached hydrogens (tertiary/aromatic N) is 2. The summed E-state index contributed by atoms with van der Waals surface area (Å²) in [5.74, 6) is 1.82. The van der Waals surface area contributed by atoms with Crippen molar-refractivity contribution in [3.8, 4) is 0 Å². The molecule has 0 radical (unpaired) electrons. The smallest absolute Gasteiger partial charge is 0.125 e. The standard InChI is InChI=1S/C14H16Cl2N2O/c1-9(10-4-5-19-8-10)18-13-6-11(16)2-3-12(13)17-14(18)7-15/h2-3,6,9-10H,4-5,7-8H2,1H3. The van der Waals surface area contributed by atoms with Gasteiger partial charge in [0.1, 0.15) is 5.82 Å². The lowest BCUT2D eigenvalue weighted by Gasteiger charge is -2.22. The van der Waals surface area contributed by atoms with E-state index in [1.807, 2.05) is 18.2 Å². The predicted octanol–water partition coefficient (Wildman–Crippen LogP) is 4.03. The maximum atomic E-state index is 6.11. The molecular weight excluding hydrogens is 283 g/mol. The maximum Gasteiger partial charge on any atom is 0.125 e. The summed E-state index contributed by atoms with van der Waals surface area (Å²) in [7, 11) is 0. The third kappa shape index (κ3) is 2.35. The molecule has 1 saturated heterocycles. The number of imidazole rings is 1. The minimum atomic E-state index is 0.319. The molecule has 3 rings (SSSR count). The van der Waals surface area contributed by atoms with E-state index in [1.54, 1.807) is 0 Å². The Labute approximate surface area is 122 Å². The molecule has 0 spiro atoms. The van der Waals surface area contributed by atoms with Gasteiger partial charge in [-0.05, 0) is 31.5 Å². The average molecular weight is 299 g/mol. The minimum absolute atomic E-state index is 0.319. The SMILES string of the molecule is CC(C1CCOC1)n1c(CCl)nc2ccc(Cl)cc21. The lowest BCUT2D eigenvalue weighted by atomic mass is 10.0. The number of alkyl halides is 1. The Kier molecular flexibility index (Phi) is 3.70. The van der Waals surface area contributed by atoms with Crippen LogP contribution in [0.5, 0.6) is 0 Å². The summed E-state index contributed by atoms with van der Waals surface area (Å²) in [6.45, 7) is 3.86. The first-order valence-electron chi connectivity index (χ1n) is 6.50. The number of halogens is 2. The zero-order valence-corrected chi connectivity index (χ0v) is 12.3. The second-order valence-electron chi connectivity index (χ2n) is 5.03. The largest absolute Gasteiger partial charge is 0.381 e. The predicted molar refractivity (Wildman–Crippen MR) is 77.9 cm³/mol. The number of aromatic nitrogens is 2. The third-order valence-corrected chi connectivity index (χ3v) is 4.37. The van der Waals surface area contributed by atoms with Crippen molar-refractivity contribution in [2.75, 3.05) is 13.2 Å². The van der Waals surface area contributed by atoms with E-state index in [0.717, 1.165) is 41.5 Å². The molecule has 2 atom stereocenters. The van der Waals surface area contributed by atoms with Gasteiger partial charge in [0, 0.05) is 23.6 Å². The molecule has 1 aromatic carbocycles. The molecule has 0 saturated carbocycles. The molecule has 2 unspecified atom stereocenters. The minimum Gasteiger partial charge on any atom is -0.381 e. The van der Waals surface area contributed by atoms with Crippen molar-refractivity contribution in [2.24, 2.45) is 5.92 Å². The second kappa shape index (κ2) is 5.31. The first kappa shape index (κ1) is 13.2. The van der Waals surface area contributed by atoms with Crippen LogP contribution in [0.3, 0.4) is 0 Å². The van der Waals surface area contributed by atoms with Crippen LogP contribution in [0.4, 0.5) is 0 Å². The van der Waals surface area contributed by atoms with Crippen molar-refractivity contribution < 1.29 is 4.74 Å². The topological polar surface area (TPSA) is 27.1 Å². The Morgan fingerprint density at radius 2 is 2.37 bits per heavy atom. The van der Waals surface area contributed by atoms with Gasteiger partial charge in [0.15, 0.2) is 0 Å². The molecule has 2 heterocycles. The van der Waals surface area contributed by atoms with Gasteiger partial charge in [-0.1, -0.05) is 11.6 Å². The summed E-state index contributed by atoms with van der Waals surface area (Å²) in [5.41, 5.74) is 2.01. The molecule has 19 heavy (non-hydrogen) atoms. The highest BCUT2D eigenvalue weighted by Gasteiger charge is 2.26. The lowest BCUT2D eigenvalue weighted by molar-refractivity contribution is 0.175. The highest BCUT2D eigenvalue weighted by atomic mass is 35.5. The molecule has 3 nitrogen and oxygen atoms in total. The van der Waals surface area contributed by atoms with Gasteiger partial charge in [-0.15, -0.1) is 11.6 Å². The van der Waals surface area contributed by atoms with E-state index in [2.05, 4.69) is 16.5 Å². The maximum absolute atomic E-state index is 6.11. The van der Waals surface area contributed by atoms with E-state index in [4.69, 9.17) is 27.9 Å². The van der Waals surface area contributed by atoms with E-state index in [9.17, 15) is 0 Å². The Balaban J connectivity index is 2.11. The average Bonchev–Trinajstić information content (AvgIpc) is 3.04. The molecule has 1 aromatic heterocycles. The fraction of sp³-hybridized carbons (Fsp3) is 0.500. The zero-order chi connectivity index (χ0) is 13.4. The number of rotatable bonds is 3. The van der Waals surface area contributed by atoms with Gasteiger partial charge in [-0.25, -0.2) is 4.98 Å². The van der Waals surface area contributed by atoms with E-state index in [0.29, 0.717) is 17.8 Å². The van der Waals surface area contributed by atoms with Crippen molar-refractivity contribution in [3.63, 3.8) is 0 Å². The Morgan fingerprint density at radius 1 is 1.53 bits per heavy atom. The van der Waals surface area contributed by atoms with Crippen LogP contribution in [-0.4, -0.2) is 22.8 Å². The fourth-order valence-electron chi connectivity index (χ4n) is 2.81. The van der Waals surface area contributed by atoms with Crippen LogP contribution in [0.15, 0.2) is 18.2 Å². The van der Waals surface area contributed by atoms with Gasteiger partial charge in [-0.3, -0.25) is 0 Å². The third-order valence-electron chi connectivity index (χ3n) is 3.90. The summed E-state index contributed by atoms with van der Waals surface area (Å²) in [6.07, 6.45) is 1.09. The van der Waals surface area contributed by atoms with Crippen LogP contribution < -0.4 is 0 Å². The molecule has 0 N–H and O–H groups in total. The fourth-order valence-corrected chi connectivity index (χ4v) is 3.16. The molecule has 5 heteroatoms. The first-order chi connectivity index (χ1) is 9.20. The molecule has 0 bridgehead atoms. The van der Waals surface area contributed by atoms with Gasteiger partial charge >= 0.3 is 0 Å². The van der Waals surface area contributed by atoms with Crippen molar-refractivity contribution in [3.05, 3.63) is 29.0 Å². The number of benzene rings is 1. The van der Waals surface area contributed by atoms with Crippen LogP contribution in [0.2, 0.25) is 5.02 Å². The zero-order valence-electron chi connectivity index (χ0n) is 10.8. The number of hydrogen-bond donors (Lipinski definition) is 0. The molecule has 2 aromatic rings. The molecular formula is C14H16Cl2N2O. The van der Waals surface area contributed by atoms with E-state index >= 15 is 0 Å².